The third kappa shape index (κ3) is 8.24. The molecule has 0 amide bonds. The number of hydrogen-bond acceptors (Lipinski definition) is 6. The van der Waals surface area contributed by atoms with Gasteiger partial charge in [0.05, 0.1) is 0 Å². The van der Waals surface area contributed by atoms with Gasteiger partial charge in [0.2, 0.25) is 5.95 Å². The van der Waals surface area contributed by atoms with Gasteiger partial charge in [-0.1, -0.05) is 152 Å². The van der Waals surface area contributed by atoms with Gasteiger partial charge in [-0.25, -0.2) is 19.9 Å². The van der Waals surface area contributed by atoms with Gasteiger partial charge in [-0.2, -0.15) is 35.0 Å². The SMILES string of the molecule is Cc1cccc(C)c1-c1cc2c3cc(-c4c(C)cccc4C)c(Oc4[c-]c5c(cc4)c4ccccc4n5-c4ccccn4)[c-]c3n(-c3ncccn3)c2[c-]c1Oc1[c-]c2c(cc1)c1ccccc1n2-c1ccccn1.[Pt+2].[Pt+2]. The van der Waals surface area contributed by atoms with Crippen molar-refractivity contribution >= 4 is 65.4 Å². The van der Waals surface area contributed by atoms with Crippen molar-refractivity contribution in [2.75, 3.05) is 0 Å². The van der Waals surface area contributed by atoms with Gasteiger partial charge in [-0.05, 0) is 80.9 Å². The molecule has 6 aromatic heterocycles. The summed E-state index contributed by atoms with van der Waals surface area (Å²) in [4.78, 5) is 19.2. The summed E-state index contributed by atoms with van der Waals surface area (Å²) in [5.41, 5.74) is 13.5. The van der Waals surface area contributed by atoms with Crippen molar-refractivity contribution in [1.29, 1.82) is 0 Å². The Balaban J connectivity index is 0.00000298. The molecule has 0 radical (unpaired) electrons. The van der Waals surface area contributed by atoms with E-state index in [0.717, 1.165) is 111 Å². The number of rotatable bonds is 9. The van der Waals surface area contributed by atoms with Crippen LogP contribution in [0.25, 0.3) is 105 Å². The maximum atomic E-state index is 7.15. The number of aryl methyl sites for hydroxylation is 4. The van der Waals surface area contributed by atoms with Gasteiger partial charge in [0.15, 0.2) is 0 Å². The number of benzene rings is 8. The molecular weight excluding hydrogens is 1310 g/mol. The van der Waals surface area contributed by atoms with Crippen LogP contribution in [0.3, 0.4) is 0 Å². The number of fused-ring (bicyclic) bond motifs is 9. The van der Waals surface area contributed by atoms with E-state index in [1.54, 1.807) is 12.4 Å². The predicted molar refractivity (Wildman–Crippen MR) is 299 cm³/mol. The molecule has 0 bridgehead atoms. The van der Waals surface area contributed by atoms with Crippen molar-refractivity contribution in [2.24, 2.45) is 0 Å². The fourth-order valence-electron chi connectivity index (χ4n) is 11.1. The summed E-state index contributed by atoms with van der Waals surface area (Å²) < 4.78 is 20.6. The second kappa shape index (κ2) is 19.9. The van der Waals surface area contributed by atoms with Crippen molar-refractivity contribution in [2.45, 2.75) is 27.7 Å². The van der Waals surface area contributed by atoms with E-state index in [2.05, 4.69) is 158 Å². The molecule has 0 atom stereocenters. The van der Waals surface area contributed by atoms with Gasteiger partial charge in [0.25, 0.3) is 0 Å². The van der Waals surface area contributed by atoms with E-state index in [1.165, 1.54) is 0 Å². The Kier molecular flexibility index (Phi) is 12.8. The Morgan fingerprint density at radius 3 is 1.18 bits per heavy atom. The molecular formula is C66H43N7O2Pt2. The van der Waals surface area contributed by atoms with Crippen LogP contribution in [0, 0.1) is 52.0 Å². The van der Waals surface area contributed by atoms with E-state index in [0.29, 0.717) is 40.0 Å². The van der Waals surface area contributed by atoms with Crippen LogP contribution >= 0.6 is 0 Å². The molecule has 9 nitrogen and oxygen atoms in total. The van der Waals surface area contributed by atoms with E-state index in [4.69, 9.17) is 29.4 Å². The van der Waals surface area contributed by atoms with E-state index < -0.39 is 0 Å². The molecule has 0 fully saturated rings. The maximum absolute atomic E-state index is 7.15. The zero-order valence-corrected chi connectivity index (χ0v) is 46.5. The van der Waals surface area contributed by atoms with Crippen molar-refractivity contribution < 1.29 is 51.6 Å². The summed E-state index contributed by atoms with van der Waals surface area (Å²) in [6, 6.07) is 70.8. The average Bonchev–Trinajstić information content (AvgIpc) is 4.22. The first-order chi connectivity index (χ1) is 36.9. The zero-order chi connectivity index (χ0) is 50.3. The van der Waals surface area contributed by atoms with Crippen molar-refractivity contribution in [3.8, 4) is 62.8 Å². The van der Waals surface area contributed by atoms with E-state index >= 15 is 0 Å². The average molecular weight is 1360 g/mol. The Morgan fingerprint density at radius 1 is 0.351 bits per heavy atom. The smallest absolute Gasteiger partial charge is 0.509 e. The first kappa shape index (κ1) is 49.4. The molecule has 0 aliphatic heterocycles. The van der Waals surface area contributed by atoms with Gasteiger partial charge in [-0.15, -0.1) is 47.2 Å². The molecule has 0 N–H and O–H groups in total. The zero-order valence-electron chi connectivity index (χ0n) is 42.0. The Bertz CT molecular complexity index is 4280. The van der Waals surface area contributed by atoms with Crippen LogP contribution in [0.5, 0.6) is 23.0 Å². The third-order valence-corrected chi connectivity index (χ3v) is 14.3. The molecule has 0 unspecified atom stereocenters. The monoisotopic (exact) mass is 1360 g/mol. The van der Waals surface area contributed by atoms with Crippen molar-refractivity contribution in [3.05, 3.63) is 235 Å². The number of para-hydroxylation sites is 2. The normalized spacial score (nSPS) is 11.4. The van der Waals surface area contributed by atoms with Gasteiger partial charge >= 0.3 is 42.1 Å². The van der Waals surface area contributed by atoms with Crippen LogP contribution in [-0.2, 0) is 42.1 Å². The van der Waals surface area contributed by atoms with E-state index in [9.17, 15) is 0 Å². The Labute approximate surface area is 473 Å². The van der Waals surface area contributed by atoms with Crippen LogP contribution in [0.15, 0.2) is 189 Å². The number of nitrogens with zero attached hydrogens (tertiary/aromatic N) is 7. The van der Waals surface area contributed by atoms with Crippen LogP contribution in [0.1, 0.15) is 22.3 Å². The summed E-state index contributed by atoms with van der Waals surface area (Å²) in [6.45, 7) is 8.56. The summed E-state index contributed by atoms with van der Waals surface area (Å²) in [6.07, 6.45) is 7.13. The molecule has 77 heavy (non-hydrogen) atoms. The summed E-state index contributed by atoms with van der Waals surface area (Å²) in [5, 5.41) is 6.12. The predicted octanol–water partition coefficient (Wildman–Crippen LogP) is 15.9. The fourth-order valence-corrected chi connectivity index (χ4v) is 11.1. The summed E-state index contributed by atoms with van der Waals surface area (Å²) >= 11 is 0. The van der Waals surface area contributed by atoms with Crippen LogP contribution in [0.2, 0.25) is 0 Å². The van der Waals surface area contributed by atoms with Crippen LogP contribution in [-0.4, -0.2) is 33.6 Å². The van der Waals surface area contributed by atoms with Crippen molar-refractivity contribution in [1.82, 2.24) is 33.6 Å². The molecule has 374 valence electrons. The van der Waals surface area contributed by atoms with Crippen molar-refractivity contribution in [3.63, 3.8) is 0 Å². The molecule has 6 heterocycles. The van der Waals surface area contributed by atoms with E-state index in [1.807, 2.05) is 83.7 Å². The first-order valence-corrected chi connectivity index (χ1v) is 24.9. The van der Waals surface area contributed by atoms with Gasteiger partial charge in [0, 0.05) is 58.8 Å². The van der Waals surface area contributed by atoms with Crippen LogP contribution in [0.4, 0.5) is 0 Å². The molecule has 0 saturated heterocycles. The molecule has 0 aliphatic carbocycles. The minimum absolute atomic E-state index is 0. The maximum Gasteiger partial charge on any atom is 2.00 e. The Morgan fingerprint density at radius 2 is 0.753 bits per heavy atom. The third-order valence-electron chi connectivity index (χ3n) is 14.3. The molecule has 0 aliphatic rings. The molecule has 14 aromatic rings. The fraction of sp³-hybridized carbons (Fsp3) is 0.0606. The second-order valence-electron chi connectivity index (χ2n) is 18.9. The topological polar surface area (TPSA) is 84.8 Å². The number of pyridine rings is 2. The molecule has 11 heteroatoms. The van der Waals surface area contributed by atoms with Gasteiger partial charge in [-0.3, -0.25) is 0 Å². The minimum Gasteiger partial charge on any atom is -0.509 e. The Hall–Kier alpha value is -8.48. The first-order valence-electron chi connectivity index (χ1n) is 24.9. The van der Waals surface area contributed by atoms with E-state index in [-0.39, 0.29) is 42.1 Å². The number of aromatic nitrogens is 7. The van der Waals surface area contributed by atoms with Gasteiger partial charge < -0.3 is 23.2 Å². The molecule has 0 spiro atoms. The second-order valence-corrected chi connectivity index (χ2v) is 18.9. The quantitative estimate of drug-likeness (QED) is 0.134. The molecule has 14 rings (SSSR count). The summed E-state index contributed by atoms with van der Waals surface area (Å²) in [5.74, 6) is 4.13. The molecule has 8 aromatic carbocycles. The molecule has 0 saturated carbocycles. The van der Waals surface area contributed by atoms with Crippen LogP contribution < -0.4 is 9.47 Å². The number of hydrogen-bond donors (Lipinski definition) is 0. The summed E-state index contributed by atoms with van der Waals surface area (Å²) in [7, 11) is 0. The minimum atomic E-state index is 0. The standard InChI is InChI=1S/C66H43N7O2.2Pt/c1-40-16-13-17-41(2)64(40)52-36-50-51-37-53(65-42(3)18-14-19-43(65)4)61(75-45-27-29-49-47-21-6-8-23-55(47)72(57(49)35-45)63-25-10-12-31-68-63)39-59(51)73(66-69-32-15-33-70-66)58(50)38-60(52)74-44-26-28-48-46-20-5-7-22-54(46)71(56(48)34-44)62-24-9-11-30-67-62;;/h5-33,36-37H,1-4H3;;/q-4;2*+2. The number of ether oxygens (including phenoxy) is 2. The largest absolute Gasteiger partial charge is 2.00 e. The van der Waals surface area contributed by atoms with Gasteiger partial charge in [0.1, 0.15) is 11.6 Å².